The van der Waals surface area contributed by atoms with Crippen LogP contribution >= 0.6 is 0 Å². The summed E-state index contributed by atoms with van der Waals surface area (Å²) in [6, 6.07) is 0. The van der Waals surface area contributed by atoms with Crippen molar-refractivity contribution in [3.63, 3.8) is 0 Å². The molecule has 0 heterocycles. The van der Waals surface area contributed by atoms with E-state index < -0.39 is 8.77 Å². The Hall–Kier alpha value is 0.290. The molecule has 0 rings (SSSR count). The third kappa shape index (κ3) is 2.93. The molecular formula is C2H6O3S2. The van der Waals surface area contributed by atoms with Crippen LogP contribution in [0.15, 0.2) is 0 Å². The van der Waals surface area contributed by atoms with Gasteiger partial charge in [0.15, 0.2) is 8.77 Å². The molecule has 0 aliphatic heterocycles. The lowest BCUT2D eigenvalue weighted by atomic mass is 11.0. The van der Waals surface area contributed by atoms with Crippen molar-refractivity contribution in [2.75, 3.05) is 5.75 Å². The molecule has 0 fully saturated rings. The van der Waals surface area contributed by atoms with E-state index in [9.17, 15) is 4.21 Å². The molecule has 7 heavy (non-hydrogen) atoms. The van der Waals surface area contributed by atoms with E-state index >= 15 is 0 Å². The summed E-state index contributed by atoms with van der Waals surface area (Å²) >= 11 is 4.20. The lowest BCUT2D eigenvalue weighted by Crippen LogP contribution is -2.02. The SMILES string of the molecule is CCS(=O)(=S)OO. The molecule has 0 aromatic rings. The standard InChI is InChI=1S/C2H6O3S2/c1-2-7(4,6)5-3/h3H,2H2,1H3. The first-order chi connectivity index (χ1) is 3.12. The highest BCUT2D eigenvalue weighted by Crippen LogP contribution is 1.86. The zero-order valence-corrected chi connectivity index (χ0v) is 5.42. The number of rotatable bonds is 2. The van der Waals surface area contributed by atoms with Crippen molar-refractivity contribution in [2.45, 2.75) is 6.92 Å². The van der Waals surface area contributed by atoms with E-state index in [-0.39, 0.29) is 5.75 Å². The van der Waals surface area contributed by atoms with Gasteiger partial charge in [-0.05, 0) is 0 Å². The van der Waals surface area contributed by atoms with E-state index in [1.807, 2.05) is 0 Å². The van der Waals surface area contributed by atoms with Crippen molar-refractivity contribution in [2.24, 2.45) is 0 Å². The molecule has 0 aliphatic rings. The maximum absolute atomic E-state index is 10.3. The largest absolute Gasteiger partial charge is 0.237 e. The van der Waals surface area contributed by atoms with Gasteiger partial charge in [0.1, 0.15) is 0 Å². The van der Waals surface area contributed by atoms with Crippen molar-refractivity contribution >= 4 is 20.0 Å². The van der Waals surface area contributed by atoms with Crippen LogP contribution in [0.1, 0.15) is 6.92 Å². The fourth-order valence-corrected chi connectivity index (χ4v) is 0.158. The van der Waals surface area contributed by atoms with Gasteiger partial charge in [-0.3, -0.25) is 0 Å². The monoisotopic (exact) mass is 142 g/mol. The van der Waals surface area contributed by atoms with Crippen LogP contribution in [0.4, 0.5) is 0 Å². The second kappa shape index (κ2) is 2.56. The Morgan fingerprint density at radius 2 is 2.43 bits per heavy atom. The Kier molecular flexibility index (Phi) is 2.67. The van der Waals surface area contributed by atoms with E-state index in [4.69, 9.17) is 5.26 Å². The Bertz CT molecular complexity index is 114. The van der Waals surface area contributed by atoms with Gasteiger partial charge >= 0.3 is 0 Å². The van der Waals surface area contributed by atoms with Crippen molar-refractivity contribution in [1.82, 2.24) is 0 Å². The van der Waals surface area contributed by atoms with Crippen LogP contribution in [0.5, 0.6) is 0 Å². The van der Waals surface area contributed by atoms with Crippen molar-refractivity contribution in [3.8, 4) is 0 Å². The zero-order chi connectivity index (χ0) is 5.91. The average molecular weight is 142 g/mol. The molecule has 0 saturated carbocycles. The van der Waals surface area contributed by atoms with E-state index in [1.54, 1.807) is 6.92 Å². The summed E-state index contributed by atoms with van der Waals surface area (Å²) in [5.41, 5.74) is 0. The topological polar surface area (TPSA) is 46.5 Å². The molecule has 5 heteroatoms. The van der Waals surface area contributed by atoms with Crippen molar-refractivity contribution in [3.05, 3.63) is 0 Å². The highest BCUT2D eigenvalue weighted by molar-refractivity contribution is 8.30. The minimum Gasteiger partial charge on any atom is -0.237 e. The molecule has 0 aromatic heterocycles. The van der Waals surface area contributed by atoms with Crippen LogP contribution in [-0.4, -0.2) is 15.2 Å². The predicted octanol–water partition coefficient (Wildman–Crippen LogP) is 0.157. The first kappa shape index (κ1) is 7.29. The van der Waals surface area contributed by atoms with Gasteiger partial charge in [0.2, 0.25) is 0 Å². The maximum Gasteiger partial charge on any atom is 0.173 e. The molecule has 0 spiro atoms. The fourth-order valence-electron chi connectivity index (χ4n) is 0.0527. The first-order valence-electron chi connectivity index (χ1n) is 1.68. The van der Waals surface area contributed by atoms with Crippen LogP contribution in [-0.2, 0) is 24.3 Å². The Balaban J connectivity index is 3.89. The molecule has 0 aromatic carbocycles. The van der Waals surface area contributed by atoms with E-state index in [2.05, 4.69) is 15.5 Å². The van der Waals surface area contributed by atoms with Gasteiger partial charge in [-0.15, -0.1) is 4.33 Å². The lowest BCUT2D eigenvalue weighted by molar-refractivity contribution is -0.124. The van der Waals surface area contributed by atoms with Crippen LogP contribution in [0.25, 0.3) is 0 Å². The zero-order valence-electron chi connectivity index (χ0n) is 3.79. The third-order valence-corrected chi connectivity index (χ3v) is 2.29. The second-order valence-electron chi connectivity index (χ2n) is 0.921. The molecule has 0 radical (unpaired) electrons. The molecule has 0 aliphatic carbocycles. The van der Waals surface area contributed by atoms with E-state index in [1.165, 1.54) is 0 Å². The van der Waals surface area contributed by atoms with Gasteiger partial charge in [0, 0.05) is 16.9 Å². The van der Waals surface area contributed by atoms with Crippen molar-refractivity contribution < 1.29 is 13.8 Å². The minimum atomic E-state index is -2.77. The summed E-state index contributed by atoms with van der Waals surface area (Å²) in [6.07, 6.45) is 0. The molecule has 1 atom stereocenters. The Morgan fingerprint density at radius 1 is 2.00 bits per heavy atom. The summed E-state index contributed by atoms with van der Waals surface area (Å²) in [5, 5.41) is 7.71. The van der Waals surface area contributed by atoms with Gasteiger partial charge in [-0.25, -0.2) is 9.47 Å². The third-order valence-electron chi connectivity index (χ3n) is 0.467. The Labute approximate surface area is 47.1 Å². The van der Waals surface area contributed by atoms with Gasteiger partial charge < -0.3 is 0 Å². The Morgan fingerprint density at radius 3 is 2.43 bits per heavy atom. The number of hydrogen-bond donors (Lipinski definition) is 1. The smallest absolute Gasteiger partial charge is 0.173 e. The molecule has 3 nitrogen and oxygen atoms in total. The van der Waals surface area contributed by atoms with Crippen LogP contribution < -0.4 is 0 Å². The van der Waals surface area contributed by atoms with Crippen LogP contribution in [0.3, 0.4) is 0 Å². The van der Waals surface area contributed by atoms with E-state index in [0.717, 1.165) is 0 Å². The van der Waals surface area contributed by atoms with Gasteiger partial charge in [0.05, 0.1) is 0 Å². The first-order valence-corrected chi connectivity index (χ1v) is 4.26. The molecule has 0 bridgehead atoms. The minimum absolute atomic E-state index is 0.166. The molecule has 0 amide bonds. The quantitative estimate of drug-likeness (QED) is 0.440. The summed E-state index contributed by atoms with van der Waals surface area (Å²) in [7, 11) is -2.77. The summed E-state index contributed by atoms with van der Waals surface area (Å²) < 4.78 is 13.7. The average Bonchev–Trinajstić information content (AvgIpc) is 1.68. The molecule has 1 unspecified atom stereocenters. The molecule has 1 N–H and O–H groups in total. The van der Waals surface area contributed by atoms with Gasteiger partial charge in [-0.1, -0.05) is 6.92 Å². The van der Waals surface area contributed by atoms with E-state index in [0.29, 0.717) is 0 Å². The second-order valence-corrected chi connectivity index (χ2v) is 4.29. The van der Waals surface area contributed by atoms with Crippen molar-refractivity contribution in [1.29, 1.82) is 0 Å². The summed E-state index contributed by atoms with van der Waals surface area (Å²) in [4.78, 5) is 0. The van der Waals surface area contributed by atoms with Gasteiger partial charge in [-0.2, -0.15) is 0 Å². The predicted molar refractivity (Wildman–Crippen MR) is 29.8 cm³/mol. The molecule has 0 saturated heterocycles. The summed E-state index contributed by atoms with van der Waals surface area (Å²) in [5.74, 6) is 0.166. The normalized spacial score (nSPS) is 18.6. The highest BCUT2D eigenvalue weighted by Gasteiger charge is 1.97. The highest BCUT2D eigenvalue weighted by atomic mass is 32.8. The van der Waals surface area contributed by atoms with Crippen LogP contribution in [0, 0.1) is 0 Å². The fraction of sp³-hybridized carbons (Fsp3) is 1.00. The van der Waals surface area contributed by atoms with Crippen LogP contribution in [0.2, 0.25) is 0 Å². The maximum atomic E-state index is 10.3. The van der Waals surface area contributed by atoms with Gasteiger partial charge in [0.25, 0.3) is 0 Å². The lowest BCUT2D eigenvalue weighted by Gasteiger charge is -1.92. The number of hydrogen-bond acceptors (Lipinski definition) is 4. The molecular weight excluding hydrogens is 136 g/mol. The molecule has 44 valence electrons. The summed E-state index contributed by atoms with van der Waals surface area (Å²) in [6.45, 7) is 1.57.